The van der Waals surface area contributed by atoms with E-state index in [9.17, 15) is 29.9 Å². The predicted molar refractivity (Wildman–Crippen MR) is 110 cm³/mol. The van der Waals surface area contributed by atoms with E-state index < -0.39 is 34.9 Å². The number of nitro benzene ring substituents is 1. The van der Waals surface area contributed by atoms with E-state index in [0.29, 0.717) is 16.7 Å². The normalized spacial score (nSPS) is 13.6. The van der Waals surface area contributed by atoms with Gasteiger partial charge >= 0.3 is 0 Å². The Bertz CT molecular complexity index is 1070. The van der Waals surface area contributed by atoms with E-state index in [2.05, 4.69) is 5.32 Å². The average Bonchev–Trinajstić information content (AvgIpc) is 2.78. The number of carboxylic acids is 1. The van der Waals surface area contributed by atoms with Crippen LogP contribution in [0.15, 0.2) is 84.9 Å². The zero-order chi connectivity index (χ0) is 22.4. The number of nitrogens with zero attached hydrogens (tertiary/aromatic N) is 1. The van der Waals surface area contributed by atoms with Gasteiger partial charge in [0.1, 0.15) is 5.60 Å². The third-order valence-corrected chi connectivity index (χ3v) is 4.90. The molecule has 8 nitrogen and oxygen atoms in total. The minimum atomic E-state index is -2.53. The molecule has 0 spiro atoms. The zero-order valence-electron chi connectivity index (χ0n) is 16.3. The molecule has 0 fully saturated rings. The topological polar surface area (TPSA) is 133 Å². The number of nitrogens with one attached hydrogen (secondary N) is 1. The lowest BCUT2D eigenvalue weighted by molar-refractivity contribution is -0.384. The number of carbonyl (C=O) groups excluding carboxylic acids is 2. The summed E-state index contributed by atoms with van der Waals surface area (Å²) in [6, 6.07) is 20.2. The molecule has 0 aliphatic rings. The molecule has 3 rings (SSSR count). The van der Waals surface area contributed by atoms with Gasteiger partial charge in [0.05, 0.1) is 16.9 Å². The summed E-state index contributed by atoms with van der Waals surface area (Å²) < 4.78 is 0. The Morgan fingerprint density at radius 1 is 0.935 bits per heavy atom. The molecule has 0 radical (unpaired) electrons. The standard InChI is InChI=1S/C23H20N2O6/c26-21(18-9-5-2-6-10-18)24-20(17-7-3-1-4-8-17)23(29,22(27)28)15-16-11-13-19(14-12-16)25(30)31/h1-14,20,29H,15H2,(H,24,26)(H,27,28)/p-1/t20-,23+/m0/s1. The minimum Gasteiger partial charge on any atom is -0.547 e. The quantitative estimate of drug-likeness (QED) is 0.422. The molecule has 31 heavy (non-hydrogen) atoms. The summed E-state index contributed by atoms with van der Waals surface area (Å²) in [5.74, 6) is -2.36. The molecule has 0 bridgehead atoms. The van der Waals surface area contributed by atoms with Gasteiger partial charge in [-0.2, -0.15) is 0 Å². The monoisotopic (exact) mass is 419 g/mol. The average molecular weight is 419 g/mol. The van der Waals surface area contributed by atoms with Gasteiger partial charge in [0, 0.05) is 24.1 Å². The Balaban J connectivity index is 1.99. The molecule has 158 valence electrons. The van der Waals surface area contributed by atoms with Gasteiger partial charge in [-0.05, 0) is 23.3 Å². The number of carbonyl (C=O) groups is 2. The number of amides is 1. The highest BCUT2D eigenvalue weighted by molar-refractivity contribution is 5.95. The Morgan fingerprint density at radius 3 is 2.00 bits per heavy atom. The van der Waals surface area contributed by atoms with Crippen LogP contribution < -0.4 is 10.4 Å². The molecular weight excluding hydrogens is 400 g/mol. The largest absolute Gasteiger partial charge is 0.547 e. The fourth-order valence-electron chi connectivity index (χ4n) is 3.27. The van der Waals surface area contributed by atoms with Crippen molar-refractivity contribution >= 4 is 17.6 Å². The Morgan fingerprint density at radius 2 is 1.48 bits per heavy atom. The van der Waals surface area contributed by atoms with Gasteiger partial charge < -0.3 is 20.3 Å². The maximum Gasteiger partial charge on any atom is 0.269 e. The predicted octanol–water partition coefficient (Wildman–Crippen LogP) is 1.79. The molecule has 2 atom stereocenters. The van der Waals surface area contributed by atoms with Gasteiger partial charge in [0.15, 0.2) is 0 Å². The third kappa shape index (κ3) is 4.93. The van der Waals surface area contributed by atoms with Crippen molar-refractivity contribution in [2.24, 2.45) is 0 Å². The second-order valence-electron chi connectivity index (χ2n) is 7.00. The molecule has 0 aliphatic carbocycles. The van der Waals surface area contributed by atoms with Crippen LogP contribution in [0.4, 0.5) is 5.69 Å². The van der Waals surface area contributed by atoms with Crippen LogP contribution in [-0.2, 0) is 11.2 Å². The lowest BCUT2D eigenvalue weighted by Crippen LogP contribution is -2.58. The highest BCUT2D eigenvalue weighted by atomic mass is 16.6. The van der Waals surface area contributed by atoms with Crippen molar-refractivity contribution in [1.29, 1.82) is 0 Å². The van der Waals surface area contributed by atoms with Crippen molar-refractivity contribution < 1.29 is 24.7 Å². The van der Waals surface area contributed by atoms with Crippen molar-refractivity contribution in [2.75, 3.05) is 0 Å². The highest BCUT2D eigenvalue weighted by Gasteiger charge is 2.41. The first kappa shape index (κ1) is 21.7. The first-order chi connectivity index (χ1) is 14.8. The van der Waals surface area contributed by atoms with E-state index in [1.165, 1.54) is 24.3 Å². The number of hydrogen-bond donors (Lipinski definition) is 2. The first-order valence-electron chi connectivity index (χ1n) is 9.39. The molecule has 0 saturated heterocycles. The molecular formula is C23H19N2O6-. The second kappa shape index (κ2) is 9.19. The number of aliphatic hydroxyl groups is 1. The van der Waals surface area contributed by atoms with E-state index in [1.54, 1.807) is 60.7 Å². The first-order valence-corrected chi connectivity index (χ1v) is 9.39. The van der Waals surface area contributed by atoms with Crippen LogP contribution in [0.5, 0.6) is 0 Å². The van der Waals surface area contributed by atoms with Crippen LogP contribution in [0, 0.1) is 10.1 Å². The number of nitro groups is 1. The molecule has 3 aromatic rings. The fourth-order valence-corrected chi connectivity index (χ4v) is 3.27. The fraction of sp³-hybridized carbons (Fsp3) is 0.130. The molecule has 8 heteroatoms. The van der Waals surface area contributed by atoms with Gasteiger partial charge in [-0.25, -0.2) is 0 Å². The summed E-state index contributed by atoms with van der Waals surface area (Å²) in [6.07, 6.45) is -0.443. The van der Waals surface area contributed by atoms with E-state index >= 15 is 0 Å². The van der Waals surface area contributed by atoms with Crippen LogP contribution in [0.1, 0.15) is 27.5 Å². The van der Waals surface area contributed by atoms with Gasteiger partial charge in [-0.1, -0.05) is 60.7 Å². The molecule has 0 aromatic heterocycles. The van der Waals surface area contributed by atoms with E-state index in [-0.39, 0.29) is 5.69 Å². The van der Waals surface area contributed by atoms with Crippen molar-refractivity contribution in [1.82, 2.24) is 5.32 Å². The van der Waals surface area contributed by atoms with Crippen molar-refractivity contribution in [3.8, 4) is 0 Å². The maximum atomic E-state index is 12.8. The lowest BCUT2D eigenvalue weighted by atomic mass is 9.83. The van der Waals surface area contributed by atoms with Crippen molar-refractivity contribution in [3.05, 3.63) is 112 Å². The Labute approximate surface area is 177 Å². The van der Waals surface area contributed by atoms with Gasteiger partial charge in [-0.15, -0.1) is 0 Å². The van der Waals surface area contributed by atoms with E-state index in [0.717, 1.165) is 0 Å². The molecule has 2 N–H and O–H groups in total. The molecule has 0 heterocycles. The number of benzene rings is 3. The molecule has 0 unspecified atom stereocenters. The van der Waals surface area contributed by atoms with Crippen LogP contribution in [-0.4, -0.2) is 27.5 Å². The summed E-state index contributed by atoms with van der Waals surface area (Å²) in [5, 5.41) is 36.8. The number of non-ortho nitro benzene ring substituents is 1. The smallest absolute Gasteiger partial charge is 0.269 e. The van der Waals surface area contributed by atoms with Gasteiger partial charge in [0.2, 0.25) is 0 Å². The summed E-state index contributed by atoms with van der Waals surface area (Å²) in [7, 11) is 0. The second-order valence-corrected chi connectivity index (χ2v) is 7.00. The summed E-state index contributed by atoms with van der Waals surface area (Å²) in [5.41, 5.74) is -1.72. The Kier molecular flexibility index (Phi) is 6.42. The SMILES string of the molecule is O=C(N[C@@H](c1ccccc1)[C@](O)(Cc1ccc([N+](=O)[O-])cc1)C(=O)[O-])c1ccccc1. The summed E-state index contributed by atoms with van der Waals surface area (Å²) >= 11 is 0. The van der Waals surface area contributed by atoms with E-state index in [4.69, 9.17) is 0 Å². The number of rotatable bonds is 8. The minimum absolute atomic E-state index is 0.169. The lowest BCUT2D eigenvalue weighted by Gasteiger charge is -2.38. The van der Waals surface area contributed by atoms with Crippen molar-refractivity contribution in [2.45, 2.75) is 18.1 Å². The number of hydrogen-bond acceptors (Lipinski definition) is 6. The molecule has 1 amide bonds. The van der Waals surface area contributed by atoms with Crippen LogP contribution >= 0.6 is 0 Å². The van der Waals surface area contributed by atoms with Crippen LogP contribution in [0.2, 0.25) is 0 Å². The van der Waals surface area contributed by atoms with Crippen LogP contribution in [0.25, 0.3) is 0 Å². The Hall–Kier alpha value is -4.04. The third-order valence-electron chi connectivity index (χ3n) is 4.90. The number of carboxylic acid groups (broad SMARTS) is 1. The van der Waals surface area contributed by atoms with Gasteiger partial charge in [-0.3, -0.25) is 14.9 Å². The van der Waals surface area contributed by atoms with Crippen molar-refractivity contribution in [3.63, 3.8) is 0 Å². The maximum absolute atomic E-state index is 12.8. The molecule has 3 aromatic carbocycles. The summed E-state index contributed by atoms with van der Waals surface area (Å²) in [6.45, 7) is 0. The highest BCUT2D eigenvalue weighted by Crippen LogP contribution is 2.30. The number of aliphatic carboxylic acids is 1. The van der Waals surface area contributed by atoms with Crippen LogP contribution in [0.3, 0.4) is 0 Å². The summed E-state index contributed by atoms with van der Waals surface area (Å²) in [4.78, 5) is 35.1. The van der Waals surface area contributed by atoms with E-state index in [1.807, 2.05) is 0 Å². The zero-order valence-corrected chi connectivity index (χ0v) is 16.3. The molecule has 0 aliphatic heterocycles. The molecule has 0 saturated carbocycles. The van der Waals surface area contributed by atoms with Gasteiger partial charge in [0.25, 0.3) is 11.6 Å².